The third kappa shape index (κ3) is 5.73. The van der Waals surface area contributed by atoms with Crippen molar-refractivity contribution in [2.24, 2.45) is 0 Å². The molecule has 13 aromatic rings. The van der Waals surface area contributed by atoms with Crippen LogP contribution in [0.1, 0.15) is 32.9 Å². The number of hydrogen-bond acceptors (Lipinski definition) is 4. The van der Waals surface area contributed by atoms with Crippen LogP contribution in [0, 0.1) is 0 Å². The number of nitrogens with zero attached hydrogens (tertiary/aromatic N) is 5. The standard InChI is InChI=1S/C57H35N5S/c1-3-15-36(16-4-1)38-29-31-45-43-21-7-10-26-49(43)61(51(45)34-38)56-58-55(41-20-13-19-40(33-41)42-24-14-25-48-47-23-9-12-28-53(47)63-54(42)48)59-57(60-56)62-50-27-11-8-22-44(50)46-32-30-39(35-52(46)62)37-17-5-2-6-18-37/h1-35H/i1D,2D,3D,4D,5D,6D,7D,8D,10D,11D,15D,16D,17D,18D,21D,22D,26D,27D,29D,30D,31D,32D,34D,35D. The Morgan fingerprint density at radius 1 is 0.381 bits per heavy atom. The maximum Gasteiger partial charge on any atom is 0.240 e. The summed E-state index contributed by atoms with van der Waals surface area (Å²) in [7, 11) is 0. The van der Waals surface area contributed by atoms with Crippen LogP contribution in [0.2, 0.25) is 0 Å². The third-order valence-corrected chi connectivity index (χ3v) is 11.9. The number of hydrogen-bond donors (Lipinski definition) is 0. The molecule has 0 atom stereocenters. The van der Waals surface area contributed by atoms with Crippen molar-refractivity contribution in [3.63, 3.8) is 0 Å². The number of aromatic nitrogens is 5. The van der Waals surface area contributed by atoms with Gasteiger partial charge in [0.25, 0.3) is 0 Å². The van der Waals surface area contributed by atoms with Crippen molar-refractivity contribution >= 4 is 75.1 Å². The summed E-state index contributed by atoms with van der Waals surface area (Å²) >= 11 is 1.54. The van der Waals surface area contributed by atoms with E-state index in [1.807, 2.05) is 48.5 Å². The van der Waals surface area contributed by atoms with E-state index in [2.05, 4.69) is 0 Å². The molecule has 0 amide bonds. The maximum absolute atomic E-state index is 10.0. The first-order chi connectivity index (χ1) is 41.2. The molecule has 0 spiro atoms. The second-order valence-electron chi connectivity index (χ2n) is 14.2. The van der Waals surface area contributed by atoms with Crippen LogP contribution in [-0.4, -0.2) is 24.1 Å². The SMILES string of the molecule is [2H]c1c([2H])c([2H])c(-c2c([2H])c([2H])c3c4c([2H])c([2H])c([2H])c([2H])c4n(-c4nc(-c5cccc(-c6cccc7c6sc6ccccc67)c5)nc(-n5c6c([2H])c([2H])c([2H])c([2H])c6c6c([2H])c([2H])c(-c7c([2H])c([2H])c([2H])c([2H])c7[2H])c([2H])c65)n4)c3c2[2H])c([2H])c1[2H]. The molecule has 0 radical (unpaired) electrons. The van der Waals surface area contributed by atoms with Crippen LogP contribution >= 0.6 is 11.3 Å². The fraction of sp³-hybridized carbons (Fsp3) is 0. The van der Waals surface area contributed by atoms with Gasteiger partial charge in [0.15, 0.2) is 5.82 Å². The van der Waals surface area contributed by atoms with Crippen molar-refractivity contribution in [3.8, 4) is 56.7 Å². The molecule has 0 aliphatic carbocycles. The molecular weight excluding hydrogens is 787 g/mol. The average molecular weight is 846 g/mol. The van der Waals surface area contributed by atoms with Gasteiger partial charge in [0.1, 0.15) is 0 Å². The molecule has 13 rings (SSSR count). The zero-order chi connectivity index (χ0) is 62.3. The molecule has 9 aromatic carbocycles. The topological polar surface area (TPSA) is 48.5 Å². The van der Waals surface area contributed by atoms with Gasteiger partial charge in [-0.3, -0.25) is 9.13 Å². The Kier molecular flexibility index (Phi) is 4.34. The van der Waals surface area contributed by atoms with Gasteiger partial charge in [0.2, 0.25) is 11.9 Å². The molecule has 0 aliphatic heterocycles. The number of benzene rings is 9. The smallest absolute Gasteiger partial charge is 0.240 e. The predicted octanol–water partition coefficient (Wildman–Crippen LogP) is 15.1. The molecule has 0 aliphatic rings. The highest BCUT2D eigenvalue weighted by molar-refractivity contribution is 7.26. The van der Waals surface area contributed by atoms with E-state index in [-0.39, 0.29) is 11.4 Å². The van der Waals surface area contributed by atoms with Gasteiger partial charge in [-0.15, -0.1) is 11.3 Å². The first-order valence-electron chi connectivity index (χ1n) is 31.2. The first-order valence-corrected chi connectivity index (χ1v) is 20.1. The molecule has 4 heterocycles. The number of para-hydroxylation sites is 2. The zero-order valence-corrected chi connectivity index (χ0v) is 32.8. The monoisotopic (exact) mass is 845 g/mol. The molecular formula is C57H35N5S. The van der Waals surface area contributed by atoms with Crippen molar-refractivity contribution in [2.45, 2.75) is 0 Å². The fourth-order valence-corrected chi connectivity index (χ4v) is 9.14. The second-order valence-corrected chi connectivity index (χ2v) is 15.2. The van der Waals surface area contributed by atoms with Crippen LogP contribution in [0.5, 0.6) is 0 Å². The Labute approximate surface area is 400 Å². The molecule has 0 unspecified atom stereocenters. The summed E-state index contributed by atoms with van der Waals surface area (Å²) in [6, 6.07) is 0.473. The van der Waals surface area contributed by atoms with Crippen molar-refractivity contribution in [1.29, 1.82) is 0 Å². The lowest BCUT2D eigenvalue weighted by Gasteiger charge is -2.14. The summed E-state index contributed by atoms with van der Waals surface area (Å²) in [5.74, 6) is -1.66. The predicted molar refractivity (Wildman–Crippen MR) is 263 cm³/mol. The Morgan fingerprint density at radius 3 is 1.54 bits per heavy atom. The molecule has 0 bridgehead atoms. The second kappa shape index (κ2) is 14.2. The van der Waals surface area contributed by atoms with Gasteiger partial charge in [-0.2, -0.15) is 15.0 Å². The van der Waals surface area contributed by atoms with Crippen LogP contribution in [0.25, 0.3) is 120 Å². The molecule has 294 valence electrons. The van der Waals surface area contributed by atoms with E-state index in [1.54, 1.807) is 29.5 Å². The lowest BCUT2D eigenvalue weighted by Crippen LogP contribution is -2.10. The van der Waals surface area contributed by atoms with E-state index in [0.29, 0.717) is 5.56 Å². The number of thiophene rings is 1. The van der Waals surface area contributed by atoms with Crippen molar-refractivity contribution in [2.75, 3.05) is 0 Å². The molecule has 5 nitrogen and oxygen atoms in total. The summed E-state index contributed by atoms with van der Waals surface area (Å²) in [6.07, 6.45) is 0. The van der Waals surface area contributed by atoms with Crippen LogP contribution in [0.15, 0.2) is 212 Å². The Balaban J connectivity index is 1.24. The Bertz CT molecular complexity index is 5060. The lowest BCUT2D eigenvalue weighted by atomic mass is 10.0. The molecule has 0 saturated heterocycles. The van der Waals surface area contributed by atoms with Gasteiger partial charge in [0.05, 0.1) is 55.0 Å². The van der Waals surface area contributed by atoms with Gasteiger partial charge in [0, 0.05) is 47.3 Å². The van der Waals surface area contributed by atoms with Gasteiger partial charge >= 0.3 is 0 Å². The van der Waals surface area contributed by atoms with E-state index in [4.69, 9.17) is 34.1 Å². The fourth-order valence-electron chi connectivity index (χ4n) is 7.91. The summed E-state index contributed by atoms with van der Waals surface area (Å²) in [6.45, 7) is 0. The van der Waals surface area contributed by atoms with E-state index in [9.17, 15) is 13.7 Å². The number of fused-ring (bicyclic) bond motifs is 9. The summed E-state index contributed by atoms with van der Waals surface area (Å²) in [4.78, 5) is 14.7. The van der Waals surface area contributed by atoms with Gasteiger partial charge in [-0.05, 0) is 69.7 Å². The summed E-state index contributed by atoms with van der Waals surface area (Å²) in [5.41, 5.74) is -3.28. The Morgan fingerprint density at radius 2 is 0.905 bits per heavy atom. The third-order valence-electron chi connectivity index (χ3n) is 10.7. The van der Waals surface area contributed by atoms with E-state index < -0.39 is 223 Å². The molecule has 6 heteroatoms. The zero-order valence-electron chi connectivity index (χ0n) is 56.0. The van der Waals surface area contributed by atoms with Crippen LogP contribution < -0.4 is 0 Å². The summed E-state index contributed by atoms with van der Waals surface area (Å²) in [5, 5.41) is 0.144. The Hall–Kier alpha value is -8.19. The van der Waals surface area contributed by atoms with Gasteiger partial charge in [-0.25, -0.2) is 0 Å². The van der Waals surface area contributed by atoms with Crippen LogP contribution in [0.4, 0.5) is 0 Å². The maximum atomic E-state index is 10.0. The highest BCUT2D eigenvalue weighted by atomic mass is 32.1. The van der Waals surface area contributed by atoms with E-state index in [1.165, 1.54) is 0 Å². The molecule has 4 aromatic heterocycles. The van der Waals surface area contributed by atoms with Crippen LogP contribution in [-0.2, 0) is 0 Å². The minimum atomic E-state index is -0.864. The molecule has 0 saturated carbocycles. The molecule has 63 heavy (non-hydrogen) atoms. The molecule has 0 N–H and O–H groups in total. The largest absolute Gasteiger partial charge is 0.278 e. The average Bonchev–Trinajstić information content (AvgIpc) is 1.59. The summed E-state index contributed by atoms with van der Waals surface area (Å²) < 4.78 is 222. The van der Waals surface area contributed by atoms with Crippen molar-refractivity contribution in [3.05, 3.63) is 212 Å². The number of rotatable bonds is 6. The quantitative estimate of drug-likeness (QED) is 0.167. The van der Waals surface area contributed by atoms with Gasteiger partial charge < -0.3 is 0 Å². The van der Waals surface area contributed by atoms with Crippen molar-refractivity contribution in [1.82, 2.24) is 24.1 Å². The lowest BCUT2D eigenvalue weighted by molar-refractivity contribution is 0.893. The minimum absolute atomic E-state index is 0.182. The van der Waals surface area contributed by atoms with Crippen molar-refractivity contribution < 1.29 is 32.9 Å². The van der Waals surface area contributed by atoms with E-state index in [0.717, 1.165) is 34.9 Å². The molecule has 0 fully saturated rings. The normalized spacial score (nSPS) is 17.1. The highest BCUT2D eigenvalue weighted by Gasteiger charge is 2.22. The minimum Gasteiger partial charge on any atom is -0.278 e. The highest BCUT2D eigenvalue weighted by Crippen LogP contribution is 2.41. The van der Waals surface area contributed by atoms with E-state index >= 15 is 0 Å². The van der Waals surface area contributed by atoms with Gasteiger partial charge in [-0.1, -0.05) is 175 Å². The van der Waals surface area contributed by atoms with Crippen LogP contribution in [0.3, 0.4) is 0 Å². The first kappa shape index (κ1) is 19.2.